The number of benzene rings is 2. The first-order valence-electron chi connectivity index (χ1n) is 8.81. The fourth-order valence-corrected chi connectivity index (χ4v) is 3.56. The number of aromatic amines is 1. The Balaban J connectivity index is 1.64. The number of amides is 1. The van der Waals surface area contributed by atoms with Crippen molar-refractivity contribution in [2.45, 2.75) is 12.5 Å². The van der Waals surface area contributed by atoms with Crippen LogP contribution in [-0.2, 0) is 11.2 Å². The Morgan fingerprint density at radius 3 is 2.45 bits per heavy atom. The normalized spacial score (nSPS) is 12.2. The van der Waals surface area contributed by atoms with E-state index in [-0.39, 0.29) is 23.0 Å². The summed E-state index contributed by atoms with van der Waals surface area (Å²) in [6.07, 6.45) is 1.78. The molecule has 146 valence electrons. The summed E-state index contributed by atoms with van der Waals surface area (Å²) in [5.74, 6) is -2.36. The van der Waals surface area contributed by atoms with Gasteiger partial charge in [0.15, 0.2) is 11.4 Å². The Kier molecular flexibility index (Phi) is 4.82. The third kappa shape index (κ3) is 3.48. The number of hydrogen-bond donors (Lipinski definition) is 4. The van der Waals surface area contributed by atoms with Crippen LogP contribution in [0.4, 0.5) is 0 Å². The lowest BCUT2D eigenvalue weighted by atomic mass is 10.0. The summed E-state index contributed by atoms with van der Waals surface area (Å²) in [6.45, 7) is 0. The number of nitrogens with zero attached hydrogens (tertiary/aromatic N) is 1. The Morgan fingerprint density at radius 2 is 1.72 bits per heavy atom. The van der Waals surface area contributed by atoms with Crippen LogP contribution in [-0.4, -0.2) is 38.1 Å². The largest absolute Gasteiger partial charge is 0.505 e. The smallest absolute Gasteiger partial charge is 0.326 e. The van der Waals surface area contributed by atoms with E-state index >= 15 is 0 Å². The highest BCUT2D eigenvalue weighted by molar-refractivity contribution is 6.34. The van der Waals surface area contributed by atoms with Gasteiger partial charge in [-0.15, -0.1) is 0 Å². The number of carboxylic acids is 1. The minimum absolute atomic E-state index is 0.0482. The van der Waals surface area contributed by atoms with Gasteiger partial charge >= 0.3 is 5.97 Å². The number of para-hydroxylation sites is 1. The molecule has 0 spiro atoms. The van der Waals surface area contributed by atoms with Gasteiger partial charge in [-0.1, -0.05) is 54.1 Å². The van der Waals surface area contributed by atoms with Gasteiger partial charge in [0.05, 0.1) is 0 Å². The molecule has 8 heteroatoms. The maximum Gasteiger partial charge on any atom is 0.326 e. The average molecular weight is 410 g/mol. The van der Waals surface area contributed by atoms with Gasteiger partial charge < -0.3 is 20.5 Å². The van der Waals surface area contributed by atoms with Crippen molar-refractivity contribution in [1.29, 1.82) is 0 Å². The molecule has 1 unspecified atom stereocenters. The third-order valence-electron chi connectivity index (χ3n) is 4.76. The summed E-state index contributed by atoms with van der Waals surface area (Å²) in [4.78, 5) is 31.5. The van der Waals surface area contributed by atoms with Gasteiger partial charge in [0, 0.05) is 34.3 Å². The first kappa shape index (κ1) is 18.8. The summed E-state index contributed by atoms with van der Waals surface area (Å²) in [5, 5.41) is 24.3. The number of fused-ring (bicyclic) bond motifs is 2. The molecule has 1 amide bonds. The van der Waals surface area contributed by atoms with Gasteiger partial charge in [-0.25, -0.2) is 9.78 Å². The van der Waals surface area contributed by atoms with Crippen LogP contribution in [0.1, 0.15) is 16.1 Å². The van der Waals surface area contributed by atoms with Crippen LogP contribution in [0.2, 0.25) is 5.15 Å². The quantitative estimate of drug-likeness (QED) is 0.376. The fraction of sp³-hybridized carbons (Fsp3) is 0.0952. The van der Waals surface area contributed by atoms with E-state index in [1.807, 2.05) is 24.3 Å². The van der Waals surface area contributed by atoms with Crippen LogP contribution < -0.4 is 5.32 Å². The summed E-state index contributed by atoms with van der Waals surface area (Å²) >= 11 is 6.14. The standard InChI is InChI=1S/C21H16ClN3O4/c22-19-14-7-2-1-6-13(14)18(26)17(25-19)20(27)24-16(21(28)29)9-11-10-23-15-8-4-3-5-12(11)15/h1-8,10,16,23,26H,9H2,(H,24,27)(H,28,29). The number of halogens is 1. The maximum absolute atomic E-state index is 12.7. The van der Waals surface area contributed by atoms with E-state index in [1.165, 1.54) is 0 Å². The fourth-order valence-electron chi connectivity index (χ4n) is 3.31. The number of carbonyl (C=O) groups is 2. The van der Waals surface area contributed by atoms with Gasteiger partial charge in [-0.2, -0.15) is 0 Å². The van der Waals surface area contributed by atoms with Crippen molar-refractivity contribution in [3.05, 3.63) is 71.1 Å². The molecule has 0 saturated carbocycles. The number of aromatic nitrogens is 2. The van der Waals surface area contributed by atoms with Crippen molar-refractivity contribution in [2.24, 2.45) is 0 Å². The summed E-state index contributed by atoms with van der Waals surface area (Å²) in [5.41, 5.74) is 1.31. The van der Waals surface area contributed by atoms with E-state index in [2.05, 4.69) is 15.3 Å². The Bertz CT molecular complexity index is 1250. The number of nitrogens with one attached hydrogen (secondary N) is 2. The molecule has 29 heavy (non-hydrogen) atoms. The Morgan fingerprint density at radius 1 is 1.07 bits per heavy atom. The van der Waals surface area contributed by atoms with Crippen molar-refractivity contribution in [1.82, 2.24) is 15.3 Å². The van der Waals surface area contributed by atoms with Gasteiger partial charge in [0.1, 0.15) is 11.2 Å². The lowest BCUT2D eigenvalue weighted by molar-refractivity contribution is -0.139. The van der Waals surface area contributed by atoms with Crippen LogP contribution in [0.3, 0.4) is 0 Å². The van der Waals surface area contributed by atoms with Gasteiger partial charge in [0.25, 0.3) is 5.91 Å². The minimum atomic E-state index is -1.21. The van der Waals surface area contributed by atoms with E-state index < -0.39 is 17.9 Å². The summed E-state index contributed by atoms with van der Waals surface area (Å²) < 4.78 is 0. The number of hydrogen-bond acceptors (Lipinski definition) is 4. The second-order valence-corrected chi connectivity index (χ2v) is 6.93. The Labute approximate surface area is 170 Å². The van der Waals surface area contributed by atoms with Crippen molar-refractivity contribution >= 4 is 45.2 Å². The number of H-pyrrole nitrogens is 1. The highest BCUT2D eigenvalue weighted by Gasteiger charge is 2.26. The summed E-state index contributed by atoms with van der Waals surface area (Å²) in [6, 6.07) is 13.0. The summed E-state index contributed by atoms with van der Waals surface area (Å²) in [7, 11) is 0. The van der Waals surface area contributed by atoms with E-state index in [1.54, 1.807) is 30.5 Å². The number of carbonyl (C=O) groups excluding carboxylic acids is 1. The molecular weight excluding hydrogens is 394 g/mol. The molecule has 0 fully saturated rings. The number of carboxylic acid groups (broad SMARTS) is 1. The van der Waals surface area contributed by atoms with Crippen LogP contribution in [0.25, 0.3) is 21.7 Å². The molecule has 4 aromatic rings. The zero-order chi connectivity index (χ0) is 20.5. The van der Waals surface area contributed by atoms with Crippen molar-refractivity contribution < 1.29 is 19.8 Å². The van der Waals surface area contributed by atoms with Crippen molar-refractivity contribution in [3.8, 4) is 5.75 Å². The molecule has 4 rings (SSSR count). The number of pyridine rings is 1. The highest BCUT2D eigenvalue weighted by Crippen LogP contribution is 2.31. The molecule has 0 radical (unpaired) electrons. The predicted molar refractivity (Wildman–Crippen MR) is 109 cm³/mol. The van der Waals surface area contributed by atoms with Crippen molar-refractivity contribution in [3.63, 3.8) is 0 Å². The number of aromatic hydroxyl groups is 1. The second kappa shape index (κ2) is 7.44. The van der Waals surface area contributed by atoms with Crippen LogP contribution >= 0.6 is 11.6 Å². The molecule has 0 aliphatic rings. The molecule has 2 aromatic carbocycles. The second-order valence-electron chi connectivity index (χ2n) is 6.57. The van der Waals surface area contributed by atoms with Crippen LogP contribution in [0.5, 0.6) is 5.75 Å². The molecule has 0 bridgehead atoms. The average Bonchev–Trinajstić information content (AvgIpc) is 3.13. The van der Waals surface area contributed by atoms with E-state index in [9.17, 15) is 19.8 Å². The molecule has 0 aliphatic carbocycles. The lowest BCUT2D eigenvalue weighted by Gasteiger charge is -2.15. The maximum atomic E-state index is 12.7. The molecular formula is C21H16ClN3O4. The molecule has 4 N–H and O–H groups in total. The van der Waals surface area contributed by atoms with E-state index in [0.717, 1.165) is 16.5 Å². The first-order chi connectivity index (χ1) is 14.0. The monoisotopic (exact) mass is 409 g/mol. The van der Waals surface area contributed by atoms with E-state index in [0.29, 0.717) is 10.8 Å². The van der Waals surface area contributed by atoms with E-state index in [4.69, 9.17) is 11.6 Å². The van der Waals surface area contributed by atoms with Gasteiger partial charge in [0.2, 0.25) is 0 Å². The molecule has 1 atom stereocenters. The van der Waals surface area contributed by atoms with Gasteiger partial charge in [-0.3, -0.25) is 4.79 Å². The third-order valence-corrected chi connectivity index (χ3v) is 5.04. The van der Waals surface area contributed by atoms with Crippen LogP contribution in [0.15, 0.2) is 54.7 Å². The topological polar surface area (TPSA) is 115 Å². The number of rotatable bonds is 5. The Hall–Kier alpha value is -3.58. The lowest BCUT2D eigenvalue weighted by Crippen LogP contribution is -2.42. The highest BCUT2D eigenvalue weighted by atomic mass is 35.5. The predicted octanol–water partition coefficient (Wildman–Crippen LogP) is 3.50. The minimum Gasteiger partial charge on any atom is -0.505 e. The SMILES string of the molecule is O=C(NC(Cc1c[nH]c2ccccc12)C(=O)O)c1nc(Cl)c2ccccc2c1O. The molecule has 0 aliphatic heterocycles. The molecule has 2 aromatic heterocycles. The molecule has 7 nitrogen and oxygen atoms in total. The van der Waals surface area contributed by atoms with Crippen LogP contribution in [0, 0.1) is 0 Å². The first-order valence-corrected chi connectivity index (χ1v) is 9.19. The molecule has 0 saturated heterocycles. The molecule has 2 heterocycles. The zero-order valence-corrected chi connectivity index (χ0v) is 15.8. The van der Waals surface area contributed by atoms with Crippen molar-refractivity contribution in [2.75, 3.05) is 0 Å². The zero-order valence-electron chi connectivity index (χ0n) is 15.0. The number of aliphatic carboxylic acids is 1. The van der Waals surface area contributed by atoms with Gasteiger partial charge in [-0.05, 0) is 11.6 Å².